The van der Waals surface area contributed by atoms with Gasteiger partial charge >= 0.3 is 0 Å². The summed E-state index contributed by atoms with van der Waals surface area (Å²) in [7, 11) is 0. The number of anilines is 1. The van der Waals surface area contributed by atoms with Gasteiger partial charge in [0.2, 0.25) is 5.91 Å². The molecule has 2 amide bonds. The predicted molar refractivity (Wildman–Crippen MR) is 95.2 cm³/mol. The van der Waals surface area contributed by atoms with Gasteiger partial charge in [0.1, 0.15) is 0 Å². The topological polar surface area (TPSA) is 70.2 Å². The molecule has 1 heterocycles. The first-order valence-electron chi connectivity index (χ1n) is 7.82. The van der Waals surface area contributed by atoms with E-state index in [4.69, 9.17) is 0 Å². The molecule has 0 aliphatic carbocycles. The second-order valence-electron chi connectivity index (χ2n) is 6.77. The number of piperidine rings is 1. The average Bonchev–Trinajstić information content (AvgIpc) is 2.47. The summed E-state index contributed by atoms with van der Waals surface area (Å²) in [6.45, 7) is 6.72. The van der Waals surface area contributed by atoms with Gasteiger partial charge in [-0.15, -0.1) is 12.4 Å². The van der Waals surface area contributed by atoms with Crippen LogP contribution in [0.1, 0.15) is 50.4 Å². The van der Waals surface area contributed by atoms with Crippen LogP contribution in [-0.2, 0) is 4.79 Å². The van der Waals surface area contributed by atoms with E-state index in [-0.39, 0.29) is 35.8 Å². The van der Waals surface area contributed by atoms with E-state index in [0.29, 0.717) is 11.3 Å². The summed E-state index contributed by atoms with van der Waals surface area (Å²) in [4.78, 5) is 24.2. The fourth-order valence-electron chi connectivity index (χ4n) is 2.42. The van der Waals surface area contributed by atoms with Gasteiger partial charge in [-0.05, 0) is 64.4 Å². The number of amides is 2. The quantitative estimate of drug-likeness (QED) is 0.793. The van der Waals surface area contributed by atoms with E-state index < -0.39 is 0 Å². The molecule has 128 valence electrons. The maximum absolute atomic E-state index is 12.1. The fourth-order valence-corrected chi connectivity index (χ4v) is 2.42. The number of halogens is 1. The number of nitrogens with one attached hydrogen (secondary N) is 3. The smallest absolute Gasteiger partial charge is 0.251 e. The molecule has 6 heteroatoms. The Labute approximate surface area is 144 Å². The van der Waals surface area contributed by atoms with Gasteiger partial charge in [0.05, 0.1) is 6.04 Å². The second kappa shape index (κ2) is 8.31. The molecule has 0 bridgehead atoms. The first-order chi connectivity index (χ1) is 10.3. The van der Waals surface area contributed by atoms with Crippen molar-refractivity contribution < 1.29 is 9.59 Å². The van der Waals surface area contributed by atoms with Crippen molar-refractivity contribution in [1.82, 2.24) is 10.6 Å². The Hall–Kier alpha value is -1.59. The van der Waals surface area contributed by atoms with Crippen molar-refractivity contribution in [2.24, 2.45) is 0 Å². The van der Waals surface area contributed by atoms with Crippen LogP contribution in [0.15, 0.2) is 24.3 Å². The molecule has 1 aromatic rings. The minimum atomic E-state index is -0.267. The Morgan fingerprint density at radius 3 is 2.30 bits per heavy atom. The minimum Gasteiger partial charge on any atom is -0.347 e. The Morgan fingerprint density at radius 1 is 1.13 bits per heavy atom. The molecule has 1 atom stereocenters. The molecule has 2 rings (SSSR count). The molecule has 23 heavy (non-hydrogen) atoms. The molecule has 0 saturated carbocycles. The fraction of sp³-hybridized carbons (Fsp3) is 0.529. The van der Waals surface area contributed by atoms with Crippen molar-refractivity contribution in [3.8, 4) is 0 Å². The van der Waals surface area contributed by atoms with Gasteiger partial charge in [-0.3, -0.25) is 9.59 Å². The summed E-state index contributed by atoms with van der Waals surface area (Å²) in [6.07, 6.45) is 3.08. The molecular weight excluding hydrogens is 314 g/mol. The lowest BCUT2D eigenvalue weighted by Crippen LogP contribution is -2.43. The van der Waals surface area contributed by atoms with Crippen molar-refractivity contribution in [3.05, 3.63) is 29.8 Å². The summed E-state index contributed by atoms with van der Waals surface area (Å²) in [5.41, 5.74) is 1.03. The highest BCUT2D eigenvalue weighted by atomic mass is 35.5. The standard InChI is InChI=1S/C17H25N3O2.ClH/c1-17(2,3)20-15(21)12-7-9-13(10-8-12)19-16(22)14-6-4-5-11-18-14;/h7-10,14,18H,4-6,11H2,1-3H3,(H,19,22)(H,20,21);1H. The maximum Gasteiger partial charge on any atom is 0.251 e. The van der Waals surface area contributed by atoms with Crippen LogP contribution in [0.5, 0.6) is 0 Å². The van der Waals surface area contributed by atoms with Gasteiger partial charge in [0.25, 0.3) is 5.91 Å². The lowest BCUT2D eigenvalue weighted by atomic mass is 10.0. The van der Waals surface area contributed by atoms with Crippen LogP contribution >= 0.6 is 12.4 Å². The van der Waals surface area contributed by atoms with Crippen LogP contribution in [-0.4, -0.2) is 29.9 Å². The molecule has 0 aromatic heterocycles. The van der Waals surface area contributed by atoms with Gasteiger partial charge in [0, 0.05) is 16.8 Å². The summed E-state index contributed by atoms with van der Waals surface area (Å²) in [6, 6.07) is 6.87. The molecule has 0 spiro atoms. The number of rotatable bonds is 3. The Morgan fingerprint density at radius 2 is 1.78 bits per heavy atom. The Bertz CT molecular complexity index is 532. The number of benzene rings is 1. The van der Waals surface area contributed by atoms with Crippen LogP contribution in [0.2, 0.25) is 0 Å². The van der Waals surface area contributed by atoms with Crippen molar-refractivity contribution in [2.75, 3.05) is 11.9 Å². The highest BCUT2D eigenvalue weighted by Crippen LogP contribution is 2.13. The van der Waals surface area contributed by atoms with Gasteiger partial charge < -0.3 is 16.0 Å². The number of carbonyl (C=O) groups is 2. The van der Waals surface area contributed by atoms with E-state index in [2.05, 4.69) is 16.0 Å². The molecule has 1 fully saturated rings. The molecule has 1 aliphatic rings. The third-order valence-corrected chi connectivity index (χ3v) is 3.53. The maximum atomic E-state index is 12.1. The van der Waals surface area contributed by atoms with Crippen LogP contribution in [0.3, 0.4) is 0 Å². The summed E-state index contributed by atoms with van der Waals surface area (Å²) in [5.74, 6) is -0.120. The van der Waals surface area contributed by atoms with Crippen molar-refractivity contribution in [2.45, 2.75) is 51.6 Å². The van der Waals surface area contributed by atoms with E-state index in [1.165, 1.54) is 0 Å². The molecule has 5 nitrogen and oxygen atoms in total. The number of carbonyl (C=O) groups excluding carboxylic acids is 2. The minimum absolute atomic E-state index is 0. The van der Waals surface area contributed by atoms with Crippen LogP contribution in [0, 0.1) is 0 Å². The van der Waals surface area contributed by atoms with Gasteiger partial charge in [-0.25, -0.2) is 0 Å². The summed E-state index contributed by atoms with van der Waals surface area (Å²) >= 11 is 0. The third kappa shape index (κ3) is 6.20. The first-order valence-corrected chi connectivity index (χ1v) is 7.82. The molecule has 0 radical (unpaired) electrons. The molecule has 1 aliphatic heterocycles. The monoisotopic (exact) mass is 339 g/mol. The zero-order valence-electron chi connectivity index (χ0n) is 13.9. The van der Waals surface area contributed by atoms with Crippen molar-refractivity contribution in [1.29, 1.82) is 0 Å². The number of hydrogen-bond acceptors (Lipinski definition) is 3. The first kappa shape index (κ1) is 19.5. The van der Waals surface area contributed by atoms with Crippen molar-refractivity contribution >= 4 is 29.9 Å². The zero-order valence-corrected chi connectivity index (χ0v) is 14.8. The van der Waals surface area contributed by atoms with E-state index in [1.807, 2.05) is 20.8 Å². The van der Waals surface area contributed by atoms with Gasteiger partial charge in [-0.2, -0.15) is 0 Å². The second-order valence-corrected chi connectivity index (χ2v) is 6.77. The largest absolute Gasteiger partial charge is 0.347 e. The summed E-state index contributed by atoms with van der Waals surface area (Å²) < 4.78 is 0. The highest BCUT2D eigenvalue weighted by molar-refractivity contribution is 5.97. The number of hydrogen-bond donors (Lipinski definition) is 3. The lowest BCUT2D eigenvalue weighted by Gasteiger charge is -2.22. The van der Waals surface area contributed by atoms with E-state index in [0.717, 1.165) is 25.8 Å². The van der Waals surface area contributed by atoms with Gasteiger partial charge in [-0.1, -0.05) is 6.42 Å². The Balaban J connectivity index is 0.00000264. The molecular formula is C17H26ClN3O2. The molecule has 3 N–H and O–H groups in total. The third-order valence-electron chi connectivity index (χ3n) is 3.53. The Kier molecular flexibility index (Phi) is 7.03. The van der Waals surface area contributed by atoms with E-state index in [9.17, 15) is 9.59 Å². The molecule has 1 unspecified atom stereocenters. The predicted octanol–water partition coefficient (Wildman–Crippen LogP) is 2.72. The van der Waals surface area contributed by atoms with Crippen LogP contribution in [0.25, 0.3) is 0 Å². The van der Waals surface area contributed by atoms with E-state index >= 15 is 0 Å². The highest BCUT2D eigenvalue weighted by Gasteiger charge is 2.20. The summed E-state index contributed by atoms with van der Waals surface area (Å²) in [5, 5.41) is 9.02. The average molecular weight is 340 g/mol. The van der Waals surface area contributed by atoms with Crippen molar-refractivity contribution in [3.63, 3.8) is 0 Å². The van der Waals surface area contributed by atoms with Crippen LogP contribution in [0.4, 0.5) is 5.69 Å². The van der Waals surface area contributed by atoms with Crippen LogP contribution < -0.4 is 16.0 Å². The van der Waals surface area contributed by atoms with E-state index in [1.54, 1.807) is 24.3 Å². The normalized spacial score (nSPS) is 17.8. The zero-order chi connectivity index (χ0) is 16.2. The molecule has 1 aromatic carbocycles. The molecule has 1 saturated heterocycles. The lowest BCUT2D eigenvalue weighted by molar-refractivity contribution is -0.118. The van der Waals surface area contributed by atoms with Gasteiger partial charge in [0.15, 0.2) is 0 Å². The SMILES string of the molecule is CC(C)(C)NC(=O)c1ccc(NC(=O)C2CCCCN2)cc1.Cl.